The summed E-state index contributed by atoms with van der Waals surface area (Å²) in [5.41, 5.74) is 0.783. The Hall–Kier alpha value is -1.06. The first-order chi connectivity index (χ1) is 8.63. The molecule has 98 valence electrons. The Morgan fingerprint density at radius 3 is 2.67 bits per heavy atom. The number of benzene rings is 1. The monoisotopic (exact) mass is 266 g/mol. The van der Waals surface area contributed by atoms with Crippen molar-refractivity contribution in [1.29, 1.82) is 0 Å². The molecule has 0 spiro atoms. The molecule has 0 heterocycles. The SMILES string of the molecule is CC1CCC(NCC(=O)Nc2ccc(Cl)cc2)C1. The van der Waals surface area contributed by atoms with E-state index in [0.717, 1.165) is 11.6 Å². The van der Waals surface area contributed by atoms with Gasteiger partial charge in [0, 0.05) is 16.8 Å². The zero-order valence-corrected chi connectivity index (χ0v) is 11.3. The Kier molecular flexibility index (Phi) is 4.61. The normalized spacial score (nSPS) is 23.0. The molecule has 1 aromatic carbocycles. The van der Waals surface area contributed by atoms with Crippen LogP contribution in [0, 0.1) is 5.92 Å². The van der Waals surface area contributed by atoms with Crippen molar-refractivity contribution in [3.8, 4) is 0 Å². The number of anilines is 1. The maximum Gasteiger partial charge on any atom is 0.238 e. The lowest BCUT2D eigenvalue weighted by Crippen LogP contribution is -2.34. The Morgan fingerprint density at radius 2 is 2.06 bits per heavy atom. The van der Waals surface area contributed by atoms with Crippen molar-refractivity contribution in [2.24, 2.45) is 5.92 Å². The van der Waals surface area contributed by atoms with E-state index in [9.17, 15) is 4.79 Å². The lowest BCUT2D eigenvalue weighted by Gasteiger charge is -2.12. The Bertz CT molecular complexity index is 405. The van der Waals surface area contributed by atoms with Gasteiger partial charge in [-0.25, -0.2) is 0 Å². The molecule has 0 radical (unpaired) electrons. The van der Waals surface area contributed by atoms with Crippen LogP contribution in [0.4, 0.5) is 5.69 Å². The molecule has 4 heteroatoms. The molecule has 1 aromatic rings. The Labute approximate surface area is 113 Å². The van der Waals surface area contributed by atoms with E-state index in [1.165, 1.54) is 19.3 Å². The highest BCUT2D eigenvalue weighted by Crippen LogP contribution is 2.24. The average Bonchev–Trinajstić information content (AvgIpc) is 2.76. The fraction of sp³-hybridized carbons (Fsp3) is 0.500. The van der Waals surface area contributed by atoms with E-state index in [1.54, 1.807) is 24.3 Å². The zero-order valence-electron chi connectivity index (χ0n) is 10.6. The number of carbonyl (C=O) groups is 1. The van der Waals surface area contributed by atoms with Crippen LogP contribution in [0.25, 0.3) is 0 Å². The maximum atomic E-state index is 11.7. The first-order valence-electron chi connectivity index (χ1n) is 6.42. The topological polar surface area (TPSA) is 41.1 Å². The van der Waals surface area contributed by atoms with Gasteiger partial charge in [0.25, 0.3) is 0 Å². The molecule has 2 N–H and O–H groups in total. The zero-order chi connectivity index (χ0) is 13.0. The standard InChI is InChI=1S/C14H19ClN2O/c1-10-2-5-13(8-10)16-9-14(18)17-12-6-3-11(15)4-7-12/h3-4,6-7,10,13,16H,2,5,8-9H2,1H3,(H,17,18). The van der Waals surface area contributed by atoms with E-state index in [1.807, 2.05) is 0 Å². The molecule has 0 aromatic heterocycles. The van der Waals surface area contributed by atoms with Crippen molar-refractivity contribution < 1.29 is 4.79 Å². The number of amides is 1. The summed E-state index contributed by atoms with van der Waals surface area (Å²) in [6.45, 7) is 2.63. The minimum Gasteiger partial charge on any atom is -0.325 e. The summed E-state index contributed by atoms with van der Waals surface area (Å²) in [7, 11) is 0. The number of carbonyl (C=O) groups excluding carboxylic acids is 1. The highest BCUT2D eigenvalue weighted by molar-refractivity contribution is 6.30. The molecule has 0 saturated heterocycles. The predicted octanol–water partition coefficient (Wildman–Crippen LogP) is 3.06. The fourth-order valence-corrected chi connectivity index (χ4v) is 2.49. The lowest BCUT2D eigenvalue weighted by atomic mass is 10.1. The van der Waals surface area contributed by atoms with Crippen LogP contribution >= 0.6 is 11.6 Å². The summed E-state index contributed by atoms with van der Waals surface area (Å²) in [6, 6.07) is 7.64. The second-order valence-electron chi connectivity index (χ2n) is 5.05. The van der Waals surface area contributed by atoms with Crippen molar-refractivity contribution in [2.75, 3.05) is 11.9 Å². The van der Waals surface area contributed by atoms with Crippen LogP contribution in [0.15, 0.2) is 24.3 Å². The second kappa shape index (κ2) is 6.21. The van der Waals surface area contributed by atoms with Gasteiger partial charge < -0.3 is 10.6 Å². The molecule has 0 aliphatic heterocycles. The largest absolute Gasteiger partial charge is 0.325 e. The number of nitrogens with one attached hydrogen (secondary N) is 2. The van der Waals surface area contributed by atoms with Crippen molar-refractivity contribution >= 4 is 23.2 Å². The molecule has 3 nitrogen and oxygen atoms in total. The van der Waals surface area contributed by atoms with Gasteiger partial charge >= 0.3 is 0 Å². The van der Waals surface area contributed by atoms with Gasteiger partial charge in [-0.05, 0) is 49.4 Å². The van der Waals surface area contributed by atoms with Crippen molar-refractivity contribution in [3.63, 3.8) is 0 Å². The molecule has 18 heavy (non-hydrogen) atoms. The summed E-state index contributed by atoms with van der Waals surface area (Å²) < 4.78 is 0. The summed E-state index contributed by atoms with van der Waals surface area (Å²) in [5.74, 6) is 0.777. The molecule has 2 unspecified atom stereocenters. The molecule has 0 bridgehead atoms. The predicted molar refractivity (Wildman–Crippen MR) is 74.9 cm³/mol. The molecular weight excluding hydrogens is 248 g/mol. The van der Waals surface area contributed by atoms with Crippen LogP contribution in [0.1, 0.15) is 26.2 Å². The lowest BCUT2D eigenvalue weighted by molar-refractivity contribution is -0.115. The van der Waals surface area contributed by atoms with Gasteiger partial charge in [0.05, 0.1) is 6.54 Å². The third kappa shape index (κ3) is 4.00. The molecule has 1 aliphatic rings. The quantitative estimate of drug-likeness (QED) is 0.879. The number of rotatable bonds is 4. The Balaban J connectivity index is 1.73. The summed E-state index contributed by atoms with van der Waals surface area (Å²) in [6.07, 6.45) is 3.61. The summed E-state index contributed by atoms with van der Waals surface area (Å²) >= 11 is 5.78. The molecule has 2 atom stereocenters. The minimum atomic E-state index is -0.00289. The van der Waals surface area contributed by atoms with E-state index in [-0.39, 0.29) is 5.91 Å². The van der Waals surface area contributed by atoms with Crippen LogP contribution in [0.5, 0.6) is 0 Å². The summed E-state index contributed by atoms with van der Waals surface area (Å²) in [5, 5.41) is 6.82. The first kappa shape index (κ1) is 13.4. The number of hydrogen-bond acceptors (Lipinski definition) is 2. The van der Waals surface area contributed by atoms with Gasteiger partial charge in [-0.2, -0.15) is 0 Å². The summed E-state index contributed by atoms with van der Waals surface area (Å²) in [4.78, 5) is 11.7. The van der Waals surface area contributed by atoms with Crippen molar-refractivity contribution in [2.45, 2.75) is 32.2 Å². The van der Waals surface area contributed by atoms with Crippen LogP contribution in [0.2, 0.25) is 5.02 Å². The average molecular weight is 267 g/mol. The van der Waals surface area contributed by atoms with E-state index < -0.39 is 0 Å². The van der Waals surface area contributed by atoms with E-state index >= 15 is 0 Å². The molecule has 2 rings (SSSR count). The smallest absolute Gasteiger partial charge is 0.238 e. The molecule has 1 saturated carbocycles. The van der Waals surface area contributed by atoms with Crippen molar-refractivity contribution in [1.82, 2.24) is 5.32 Å². The highest BCUT2D eigenvalue weighted by Gasteiger charge is 2.21. The van der Waals surface area contributed by atoms with Gasteiger partial charge in [0.1, 0.15) is 0 Å². The Morgan fingerprint density at radius 1 is 1.33 bits per heavy atom. The molecule has 1 amide bonds. The molecule has 1 aliphatic carbocycles. The number of halogens is 1. The highest BCUT2D eigenvalue weighted by atomic mass is 35.5. The molecular formula is C14H19ClN2O. The van der Waals surface area contributed by atoms with Gasteiger partial charge in [0.15, 0.2) is 0 Å². The van der Waals surface area contributed by atoms with Gasteiger partial charge in [-0.15, -0.1) is 0 Å². The minimum absolute atomic E-state index is 0.00289. The van der Waals surface area contributed by atoms with E-state index in [0.29, 0.717) is 17.6 Å². The van der Waals surface area contributed by atoms with E-state index in [2.05, 4.69) is 17.6 Å². The third-order valence-electron chi connectivity index (χ3n) is 3.37. The molecule has 1 fully saturated rings. The van der Waals surface area contributed by atoms with Crippen LogP contribution in [0.3, 0.4) is 0 Å². The van der Waals surface area contributed by atoms with Crippen LogP contribution in [-0.2, 0) is 4.79 Å². The first-order valence-corrected chi connectivity index (χ1v) is 6.80. The second-order valence-corrected chi connectivity index (χ2v) is 5.49. The van der Waals surface area contributed by atoms with Gasteiger partial charge in [-0.1, -0.05) is 18.5 Å². The van der Waals surface area contributed by atoms with Crippen LogP contribution in [-0.4, -0.2) is 18.5 Å². The number of hydrogen-bond donors (Lipinski definition) is 2. The maximum absolute atomic E-state index is 11.7. The van der Waals surface area contributed by atoms with Crippen molar-refractivity contribution in [3.05, 3.63) is 29.3 Å². The van der Waals surface area contributed by atoms with E-state index in [4.69, 9.17) is 11.6 Å². The third-order valence-corrected chi connectivity index (χ3v) is 3.63. The van der Waals surface area contributed by atoms with Gasteiger partial charge in [-0.3, -0.25) is 4.79 Å². The fourth-order valence-electron chi connectivity index (χ4n) is 2.37. The van der Waals surface area contributed by atoms with Gasteiger partial charge in [0.2, 0.25) is 5.91 Å². The van der Waals surface area contributed by atoms with Crippen LogP contribution < -0.4 is 10.6 Å².